The van der Waals surface area contributed by atoms with Crippen LogP contribution >= 0.6 is 45.2 Å². The number of methoxy groups -OCH3 is 2. The third-order valence-electron chi connectivity index (χ3n) is 32.3. The van der Waals surface area contributed by atoms with Gasteiger partial charge in [0.25, 0.3) is 0 Å². The number of halogens is 2. The molecular weight excluding hydrogens is 1930 g/mol. The Morgan fingerprint density at radius 3 is 1.14 bits per heavy atom. The van der Waals surface area contributed by atoms with Crippen molar-refractivity contribution >= 4 is 116 Å². The number of Topliss-reactive ketones (excluding diaryl/α,β-unsaturated/α-hetero) is 2. The summed E-state index contributed by atoms with van der Waals surface area (Å²) < 4.78 is 133. The summed E-state index contributed by atoms with van der Waals surface area (Å²) in [4.78, 5) is 29.8. The second kappa shape index (κ2) is 46.3. The van der Waals surface area contributed by atoms with E-state index < -0.39 is 120 Å². The first-order valence-corrected chi connectivity index (χ1v) is 69.4. The summed E-state index contributed by atoms with van der Waals surface area (Å²) in [6, 6.07) is 8.47. The average molecular weight is 2120 g/mol. The molecule has 6 aliphatic heterocycles. The van der Waals surface area contributed by atoms with Gasteiger partial charge in [-0.2, -0.15) is 0 Å². The summed E-state index contributed by atoms with van der Waals surface area (Å²) in [6.07, 6.45) is 6.58. The van der Waals surface area contributed by atoms with E-state index in [1.165, 1.54) is 0 Å². The summed E-state index contributed by atoms with van der Waals surface area (Å²) in [5, 5.41) is -1.71. The van der Waals surface area contributed by atoms with Crippen LogP contribution in [0.2, 0.25) is 109 Å². The number of ether oxygens (including phenoxy) is 8. The van der Waals surface area contributed by atoms with Gasteiger partial charge in [-0.05, 0) is 236 Å². The van der Waals surface area contributed by atoms with Crippen LogP contribution in [0.4, 0.5) is 0 Å². The molecule has 0 aliphatic carbocycles. The molecule has 27 atom stereocenters. The van der Waals surface area contributed by atoms with Crippen LogP contribution in [0.1, 0.15) is 271 Å². The van der Waals surface area contributed by atoms with Crippen LogP contribution in [0.5, 0.6) is 0 Å². The molecule has 126 heavy (non-hydrogen) atoms. The van der Waals surface area contributed by atoms with Crippen molar-refractivity contribution in [1.29, 1.82) is 0 Å². The number of fused-ring (bicyclic) bond motifs is 2. The quantitative estimate of drug-likeness (QED) is 0.0447. The van der Waals surface area contributed by atoms with Gasteiger partial charge in [0, 0.05) is 39.4 Å². The summed E-state index contributed by atoms with van der Waals surface area (Å²) >= 11 is 4.60. The predicted molar refractivity (Wildman–Crippen MR) is 553 cm³/mol. The fraction of sp³-hybridized carbons (Fsp3) is 0.879. The number of rotatable bonds is 38. The summed E-state index contributed by atoms with van der Waals surface area (Å²) in [6.45, 7) is 85.8. The van der Waals surface area contributed by atoms with Gasteiger partial charge in [-0.3, -0.25) is 9.59 Å². The largest absolute Gasteiger partial charge is 0.408 e. The molecule has 6 aliphatic rings. The Balaban J connectivity index is 0.000000448. The minimum Gasteiger partial charge on any atom is -0.408 e. The van der Waals surface area contributed by atoms with Gasteiger partial charge < -0.3 is 64.5 Å². The highest BCUT2D eigenvalue weighted by atomic mass is 127. The lowest BCUT2D eigenvalue weighted by Crippen LogP contribution is -2.69. The molecule has 6 heterocycles. The smallest absolute Gasteiger partial charge is 0.193 e. The molecule has 734 valence electrons. The fourth-order valence-corrected chi connectivity index (χ4v) is 27.8. The molecule has 6 fully saturated rings. The minimum absolute atomic E-state index is 0. The van der Waals surface area contributed by atoms with Crippen molar-refractivity contribution in [1.82, 2.24) is 0 Å². The SMILES string of the molecule is C.CC[C@@H](C)C[C@H]1O[C@@H](CC(C)OC)C(CC(=O)C[C@H]2CC[C@@H]3O[C@@H]([C@H](/C=C/I)O[Si](C)(C)C(C)(C)C)[C@@H](O[Si](C)(C)C(C)(C)C)[C@@H](O[Si](C)(C)C(C)(C)C)[C@H]3O2)[C@H]1C.CC[C@@H](C)C[C@H]1O[C@@H](CC(C)OC)C([C@H](C(=O)C[C@H]2CC[C@@H]3O[C@@H]([C@H](/C=C/I)O[Si](C)(C)C(C)(C)C)[C@@H](O[Si](C)(C)C(C)(C)C)[C@@H](O[Si](C)(C)C(C)(C)C)[C@H]3O2)S(=O)(=O)c2ccccc2)[C@H]1C. The number of hydrogen-bond donors (Lipinski definition) is 0. The van der Waals surface area contributed by atoms with E-state index in [1.54, 1.807) is 44.6 Å². The number of carbonyl (C=O) groups is 2. The van der Waals surface area contributed by atoms with Crippen molar-refractivity contribution in [2.75, 3.05) is 14.2 Å². The first kappa shape index (κ1) is 117. The lowest BCUT2D eigenvalue weighted by molar-refractivity contribution is -0.266. The molecule has 6 saturated heterocycles. The fourth-order valence-electron chi connectivity index (χ4n) is 17.1. The molecule has 0 saturated carbocycles. The van der Waals surface area contributed by atoms with Crippen LogP contribution in [0, 0.1) is 35.5 Å². The Kier molecular flexibility index (Phi) is 42.9. The van der Waals surface area contributed by atoms with E-state index in [0.29, 0.717) is 49.9 Å². The number of sulfone groups is 1. The predicted octanol–water partition coefficient (Wildman–Crippen LogP) is 26.4. The Morgan fingerprint density at radius 2 is 0.794 bits per heavy atom. The zero-order chi connectivity index (χ0) is 95.3. The monoisotopic (exact) mass is 2120 g/mol. The van der Waals surface area contributed by atoms with Crippen LogP contribution < -0.4 is 0 Å². The van der Waals surface area contributed by atoms with Gasteiger partial charge in [0.15, 0.2) is 65.5 Å². The normalized spacial score (nSPS) is 30.9. The lowest BCUT2D eigenvalue weighted by atomic mass is 9.79. The molecule has 27 heteroatoms. The van der Waals surface area contributed by atoms with E-state index in [0.717, 1.165) is 44.9 Å². The highest BCUT2D eigenvalue weighted by Crippen LogP contribution is 2.53. The Labute approximate surface area is 804 Å². The molecule has 4 unspecified atom stereocenters. The van der Waals surface area contributed by atoms with Gasteiger partial charge in [-0.15, -0.1) is 0 Å². The Bertz CT molecular complexity index is 3690. The van der Waals surface area contributed by atoms with Crippen LogP contribution in [0.25, 0.3) is 0 Å². The van der Waals surface area contributed by atoms with Crippen molar-refractivity contribution in [3.63, 3.8) is 0 Å². The molecule has 0 N–H and O–H groups in total. The second-order valence-electron chi connectivity index (χ2n) is 47.9. The molecule has 1 aromatic rings. The van der Waals surface area contributed by atoms with Crippen molar-refractivity contribution in [3.8, 4) is 0 Å². The van der Waals surface area contributed by atoms with Gasteiger partial charge in [0.1, 0.15) is 59.9 Å². The van der Waals surface area contributed by atoms with Gasteiger partial charge in [-0.1, -0.05) is 250 Å². The highest BCUT2D eigenvalue weighted by molar-refractivity contribution is 14.1. The third-order valence-corrected chi connectivity index (χ3v) is 62.1. The molecule has 18 nitrogen and oxygen atoms in total. The lowest BCUT2D eigenvalue weighted by Gasteiger charge is -2.56. The number of benzene rings is 1. The molecule has 1 aromatic carbocycles. The minimum atomic E-state index is -4.17. The van der Waals surface area contributed by atoms with E-state index in [-0.39, 0.29) is 146 Å². The average Bonchev–Trinajstić information content (AvgIpc) is 0.980. The zero-order valence-electron chi connectivity index (χ0n) is 86.0. The van der Waals surface area contributed by atoms with Crippen LogP contribution in [-0.4, -0.2) is 211 Å². The maximum Gasteiger partial charge on any atom is 0.193 e. The molecule has 0 amide bonds. The summed E-state index contributed by atoms with van der Waals surface area (Å²) in [5.41, 5.74) is 0. The van der Waals surface area contributed by atoms with Crippen LogP contribution in [0.15, 0.2) is 55.5 Å². The van der Waals surface area contributed by atoms with Gasteiger partial charge in [0.05, 0.1) is 78.1 Å². The molecule has 0 bridgehead atoms. The molecule has 7 rings (SSSR count). The topological polar surface area (TPSA) is 198 Å². The number of hydrogen-bond acceptors (Lipinski definition) is 18. The molecular formula is C99H186I2O18SSi6. The van der Waals surface area contributed by atoms with Crippen molar-refractivity contribution in [2.45, 2.75) is 512 Å². The van der Waals surface area contributed by atoms with E-state index in [9.17, 15) is 4.79 Å². The van der Waals surface area contributed by atoms with Crippen molar-refractivity contribution in [3.05, 3.63) is 50.6 Å². The van der Waals surface area contributed by atoms with Crippen LogP contribution in [0.3, 0.4) is 0 Å². The van der Waals surface area contributed by atoms with Crippen molar-refractivity contribution < 1.29 is 82.5 Å². The molecule has 0 aromatic heterocycles. The zero-order valence-corrected chi connectivity index (χ0v) is 97.1. The van der Waals surface area contributed by atoms with E-state index in [2.05, 4.69) is 313 Å². The van der Waals surface area contributed by atoms with Gasteiger partial charge in [0.2, 0.25) is 0 Å². The van der Waals surface area contributed by atoms with Crippen molar-refractivity contribution in [2.24, 2.45) is 35.5 Å². The number of carbonyl (C=O) groups excluding carboxylic acids is 2. The highest BCUT2D eigenvalue weighted by Gasteiger charge is 2.62. The van der Waals surface area contributed by atoms with E-state index >= 15 is 13.2 Å². The van der Waals surface area contributed by atoms with E-state index in [4.69, 9.17) is 64.5 Å². The first-order valence-electron chi connectivity index (χ1n) is 48.0. The van der Waals surface area contributed by atoms with Crippen LogP contribution in [-0.2, 0) is 83.9 Å². The van der Waals surface area contributed by atoms with Gasteiger partial charge in [-0.25, -0.2) is 8.42 Å². The van der Waals surface area contributed by atoms with E-state index in [1.807, 2.05) is 11.0 Å². The van der Waals surface area contributed by atoms with Gasteiger partial charge >= 0.3 is 0 Å². The molecule has 0 spiro atoms. The maximum atomic E-state index is 15.4. The summed E-state index contributed by atoms with van der Waals surface area (Å²) in [7, 11) is -15.1. The number of ketones is 2. The standard InChI is InChI=1S/C52H93IO10SSi3.C46H89IO8Si3.CH4/c1-21-34(2)31-42-36(4)44(43(59-42)32-35(3)57-14)49(64(55,56)38-25-23-22-24-26-38)39(54)33-37-27-28-40-45(58-37)47(62-66(17,18)51(8,9)10)48(63-67(19,20)52(11,12)13)46(60-40)41(29-30-53)61-65(15,16)50(5,6)7;1-21-30(2)26-38-32(4)35(39(51-38)27-31(3)49-14)29-33(48)28-34-22-23-36-40(50-34)42(54-57(17,18)45(8,9)10)43(55-58(19,20)46(11,12)13)41(52-36)37(24-25-47)53-56(15,16)44(5,6)7;/h22-26,29-30,34-37,40-49H,21,27-28,31-33H2,1-20H3;24-25,30-32,34-43H,21-23,26-29H2,1-20H3;1H4/b30-29+;25-24+;/t34-,35?,36+,37-,40+,41+,42-,43+,44?,45+,46+,47+,48-,49+;30-,31?,32-,34-,35?,36+,37+,38-,39+,40+,41+,42+,43-;/m11./s1. The summed E-state index contributed by atoms with van der Waals surface area (Å²) in [5.74, 6) is 0.572. The Morgan fingerprint density at radius 1 is 0.452 bits per heavy atom. The molecule has 0 radical (unpaired) electrons. The first-order chi connectivity index (χ1) is 57.0. The Hall–Kier alpha value is 0.191. The second-order valence-corrected chi connectivity index (χ2v) is 80.0. The third kappa shape index (κ3) is 29.6. The maximum absolute atomic E-state index is 15.4.